The quantitative estimate of drug-likeness (QED) is 0.534. The summed E-state index contributed by atoms with van der Waals surface area (Å²) in [7, 11) is 0. The van der Waals surface area contributed by atoms with E-state index >= 15 is 0 Å². The van der Waals surface area contributed by atoms with Crippen LogP contribution in [0.1, 0.15) is 36.7 Å². The van der Waals surface area contributed by atoms with E-state index in [9.17, 15) is 0 Å². The molecule has 0 aliphatic carbocycles. The second kappa shape index (κ2) is 6.28. The van der Waals surface area contributed by atoms with Gasteiger partial charge in [0.25, 0.3) is 0 Å². The van der Waals surface area contributed by atoms with E-state index in [1.54, 1.807) is 0 Å². The van der Waals surface area contributed by atoms with E-state index in [4.69, 9.17) is 0 Å². The van der Waals surface area contributed by atoms with E-state index in [1.165, 1.54) is 24.1 Å². The van der Waals surface area contributed by atoms with Gasteiger partial charge in [-0.05, 0) is 50.5 Å². The number of pyridine rings is 3. The highest BCUT2D eigenvalue weighted by Gasteiger charge is 2.13. The van der Waals surface area contributed by atoms with Crippen LogP contribution in [0.5, 0.6) is 0 Å². The summed E-state index contributed by atoms with van der Waals surface area (Å²) < 4.78 is 2.14. The molecule has 4 nitrogen and oxygen atoms in total. The molecule has 4 aromatic rings. The molecule has 0 unspecified atom stereocenters. The maximum Gasteiger partial charge on any atom is 0.145 e. The third kappa shape index (κ3) is 2.78. The van der Waals surface area contributed by atoms with Crippen molar-refractivity contribution in [2.75, 3.05) is 0 Å². The Kier molecular flexibility index (Phi) is 3.96. The van der Waals surface area contributed by atoms with Crippen LogP contribution in [0, 0.1) is 13.8 Å². The summed E-state index contributed by atoms with van der Waals surface area (Å²) in [6, 6.07) is 6.49. The summed E-state index contributed by atoms with van der Waals surface area (Å²) in [6.07, 6.45) is 11.2. The number of aryl methyl sites for hydroxylation is 3. The molecule has 0 aliphatic rings. The topological polar surface area (TPSA) is 43.1 Å². The number of imidazole rings is 1. The molecule has 0 saturated heterocycles. The van der Waals surface area contributed by atoms with Crippen molar-refractivity contribution in [1.82, 2.24) is 19.4 Å². The molecule has 0 saturated carbocycles. The van der Waals surface area contributed by atoms with Gasteiger partial charge < -0.3 is 0 Å². The van der Waals surface area contributed by atoms with Gasteiger partial charge in [0.15, 0.2) is 0 Å². The Bertz CT molecular complexity index is 1060. The van der Waals surface area contributed by atoms with Gasteiger partial charge in [-0.15, -0.1) is 0 Å². The van der Waals surface area contributed by atoms with Crippen LogP contribution < -0.4 is 0 Å². The van der Waals surface area contributed by atoms with E-state index in [0.717, 1.165) is 39.8 Å². The van der Waals surface area contributed by atoms with Crippen LogP contribution in [0.15, 0.2) is 43.0 Å². The number of rotatable bonds is 4. The molecule has 0 N–H and O–H groups in total. The molecule has 0 aliphatic heterocycles. The average Bonchev–Trinajstić information content (AvgIpc) is 3.10. The summed E-state index contributed by atoms with van der Waals surface area (Å²) in [5, 5.41) is 1.11. The van der Waals surface area contributed by atoms with Crippen LogP contribution >= 0.6 is 0 Å². The largest absolute Gasteiger partial charge is 0.299 e. The number of hydrogen-bond acceptors (Lipinski definition) is 3. The Morgan fingerprint density at radius 1 is 0.960 bits per heavy atom. The van der Waals surface area contributed by atoms with Crippen LogP contribution in [0.25, 0.3) is 27.7 Å². The fourth-order valence-corrected chi connectivity index (χ4v) is 3.38. The molecule has 0 spiro atoms. The lowest BCUT2D eigenvalue weighted by Gasteiger charge is -2.12. The van der Waals surface area contributed by atoms with Gasteiger partial charge in [0.05, 0.1) is 5.52 Å². The zero-order valence-corrected chi connectivity index (χ0v) is 15.0. The van der Waals surface area contributed by atoms with Crippen LogP contribution in [0.2, 0.25) is 0 Å². The summed E-state index contributed by atoms with van der Waals surface area (Å²) in [5.41, 5.74) is 7.76. The van der Waals surface area contributed by atoms with E-state index < -0.39 is 0 Å². The summed E-state index contributed by atoms with van der Waals surface area (Å²) in [5.74, 6) is 0. The number of unbranched alkanes of at least 4 members (excludes halogenated alkanes) is 1. The monoisotopic (exact) mass is 330 g/mol. The molecule has 4 heteroatoms. The third-order valence-electron chi connectivity index (χ3n) is 4.73. The highest BCUT2D eigenvalue weighted by molar-refractivity contribution is 5.92. The van der Waals surface area contributed by atoms with Crippen molar-refractivity contribution in [3.05, 3.63) is 59.9 Å². The maximum absolute atomic E-state index is 4.69. The summed E-state index contributed by atoms with van der Waals surface area (Å²) in [6.45, 7) is 6.38. The van der Waals surface area contributed by atoms with Gasteiger partial charge in [0.1, 0.15) is 5.65 Å². The molecule has 0 bridgehead atoms. The average molecular weight is 330 g/mol. The Labute approximate surface area is 147 Å². The predicted molar refractivity (Wildman–Crippen MR) is 102 cm³/mol. The standard InChI is InChI=1S/C21H22N4/c1-4-5-6-17-9-14(2)19(13-24-17)18-11-16-12-23-15(3)10-20(16)25-8-7-22-21(18)25/h7-13H,4-6H2,1-3H3. The van der Waals surface area contributed by atoms with Gasteiger partial charge in [-0.1, -0.05) is 13.3 Å². The molecular formula is C21H22N4. The molecular weight excluding hydrogens is 308 g/mol. The maximum atomic E-state index is 4.69. The van der Waals surface area contributed by atoms with Crippen molar-refractivity contribution in [3.63, 3.8) is 0 Å². The normalized spacial score (nSPS) is 11.5. The molecule has 4 rings (SSSR count). The first kappa shape index (κ1) is 15.8. The SMILES string of the molecule is CCCCc1cc(C)c(-c2cc3cnc(C)cc3n3ccnc23)cn1. The fraction of sp³-hybridized carbons (Fsp3) is 0.286. The Balaban J connectivity index is 1.91. The molecule has 4 heterocycles. The molecule has 0 atom stereocenters. The minimum Gasteiger partial charge on any atom is -0.299 e. The minimum atomic E-state index is 0.962. The van der Waals surface area contributed by atoms with Crippen LogP contribution in [0.4, 0.5) is 0 Å². The summed E-state index contributed by atoms with van der Waals surface area (Å²) >= 11 is 0. The predicted octanol–water partition coefficient (Wildman–Crippen LogP) is 4.90. The van der Waals surface area contributed by atoms with Gasteiger partial charge >= 0.3 is 0 Å². The van der Waals surface area contributed by atoms with Crippen molar-refractivity contribution in [2.45, 2.75) is 40.0 Å². The van der Waals surface area contributed by atoms with E-state index in [2.05, 4.69) is 51.4 Å². The van der Waals surface area contributed by atoms with Crippen molar-refractivity contribution < 1.29 is 0 Å². The van der Waals surface area contributed by atoms with Gasteiger partial charge in [0.2, 0.25) is 0 Å². The molecule has 25 heavy (non-hydrogen) atoms. The molecule has 126 valence electrons. The van der Waals surface area contributed by atoms with E-state index in [0.29, 0.717) is 0 Å². The van der Waals surface area contributed by atoms with Crippen LogP contribution in [0.3, 0.4) is 0 Å². The van der Waals surface area contributed by atoms with Gasteiger partial charge in [-0.2, -0.15) is 0 Å². The van der Waals surface area contributed by atoms with Crippen molar-refractivity contribution in [2.24, 2.45) is 0 Å². The molecule has 0 amide bonds. The zero-order chi connectivity index (χ0) is 17.4. The first-order chi connectivity index (χ1) is 12.2. The first-order valence-corrected chi connectivity index (χ1v) is 8.85. The summed E-state index contributed by atoms with van der Waals surface area (Å²) in [4.78, 5) is 13.7. The highest BCUT2D eigenvalue weighted by Crippen LogP contribution is 2.31. The molecule has 0 fully saturated rings. The number of aromatic nitrogens is 4. The highest BCUT2D eigenvalue weighted by atomic mass is 15.0. The fourth-order valence-electron chi connectivity index (χ4n) is 3.38. The van der Waals surface area contributed by atoms with Gasteiger partial charge in [-0.25, -0.2) is 4.98 Å². The lowest BCUT2D eigenvalue weighted by atomic mass is 10.0. The second-order valence-corrected chi connectivity index (χ2v) is 6.66. The van der Waals surface area contributed by atoms with Crippen LogP contribution in [-0.2, 0) is 6.42 Å². The first-order valence-electron chi connectivity index (χ1n) is 8.85. The zero-order valence-electron chi connectivity index (χ0n) is 15.0. The van der Waals surface area contributed by atoms with Crippen molar-refractivity contribution >= 4 is 16.6 Å². The number of nitrogens with zero attached hydrogens (tertiary/aromatic N) is 4. The van der Waals surface area contributed by atoms with Crippen molar-refractivity contribution in [3.8, 4) is 11.1 Å². The smallest absolute Gasteiger partial charge is 0.145 e. The number of hydrogen-bond donors (Lipinski definition) is 0. The van der Waals surface area contributed by atoms with Gasteiger partial charge in [0, 0.05) is 52.7 Å². The second-order valence-electron chi connectivity index (χ2n) is 6.66. The molecule has 0 radical (unpaired) electrons. The van der Waals surface area contributed by atoms with E-state index in [-0.39, 0.29) is 0 Å². The Morgan fingerprint density at radius 2 is 1.84 bits per heavy atom. The van der Waals surface area contributed by atoms with Crippen molar-refractivity contribution in [1.29, 1.82) is 0 Å². The molecule has 4 aromatic heterocycles. The molecule has 0 aromatic carbocycles. The number of fused-ring (bicyclic) bond motifs is 3. The van der Waals surface area contributed by atoms with E-state index in [1.807, 2.05) is 31.7 Å². The Hall–Kier alpha value is -2.75. The third-order valence-corrected chi connectivity index (χ3v) is 4.73. The lowest BCUT2D eigenvalue weighted by Crippen LogP contribution is -1.97. The van der Waals surface area contributed by atoms with Crippen LogP contribution in [-0.4, -0.2) is 19.4 Å². The minimum absolute atomic E-state index is 0.962. The lowest BCUT2D eigenvalue weighted by molar-refractivity contribution is 0.776. The van der Waals surface area contributed by atoms with Gasteiger partial charge in [-0.3, -0.25) is 14.4 Å². The Morgan fingerprint density at radius 3 is 2.64 bits per heavy atom.